The first-order valence-corrected chi connectivity index (χ1v) is 6.47. The molecular formula is C14H16N2O3. The number of rotatable bonds is 2. The molecule has 2 aromatic heterocycles. The topological polar surface area (TPSA) is 66.6 Å². The van der Waals surface area contributed by atoms with Gasteiger partial charge < -0.3 is 14.4 Å². The summed E-state index contributed by atoms with van der Waals surface area (Å²) in [6.07, 6.45) is 4.05. The van der Waals surface area contributed by atoms with E-state index in [1.54, 1.807) is 12.5 Å². The van der Waals surface area contributed by atoms with Crippen LogP contribution in [0.1, 0.15) is 13.3 Å². The molecule has 0 saturated carbocycles. The molecule has 0 aliphatic carbocycles. The van der Waals surface area contributed by atoms with Crippen molar-refractivity contribution in [1.29, 1.82) is 0 Å². The summed E-state index contributed by atoms with van der Waals surface area (Å²) in [4.78, 5) is 17.7. The van der Waals surface area contributed by atoms with Crippen molar-refractivity contribution in [3.05, 3.63) is 24.6 Å². The second-order valence-corrected chi connectivity index (χ2v) is 5.12. The summed E-state index contributed by atoms with van der Waals surface area (Å²) in [5.74, 6) is 0.0681. The smallest absolute Gasteiger partial charge is 0.306 e. The molecule has 5 heteroatoms. The van der Waals surface area contributed by atoms with E-state index in [-0.39, 0.29) is 11.8 Å². The van der Waals surface area contributed by atoms with Crippen LogP contribution < -0.4 is 4.90 Å². The summed E-state index contributed by atoms with van der Waals surface area (Å²) in [6, 6.07) is 3.75. The predicted octanol–water partition coefficient (Wildman–Crippen LogP) is 2.37. The van der Waals surface area contributed by atoms with E-state index in [1.165, 1.54) is 0 Å². The highest BCUT2D eigenvalue weighted by atomic mass is 16.4. The van der Waals surface area contributed by atoms with Gasteiger partial charge in [0.05, 0.1) is 17.6 Å². The lowest BCUT2D eigenvalue weighted by atomic mass is 9.87. The number of aromatic nitrogens is 1. The fraction of sp³-hybridized carbons (Fsp3) is 0.429. The molecule has 5 nitrogen and oxygen atoms in total. The molecule has 0 spiro atoms. The number of piperidine rings is 1. The van der Waals surface area contributed by atoms with Crippen LogP contribution in [-0.2, 0) is 4.79 Å². The maximum absolute atomic E-state index is 11.1. The molecular weight excluding hydrogens is 244 g/mol. The highest BCUT2D eigenvalue weighted by molar-refractivity contribution is 5.88. The van der Waals surface area contributed by atoms with Crippen molar-refractivity contribution in [3.63, 3.8) is 0 Å². The van der Waals surface area contributed by atoms with Crippen molar-refractivity contribution in [2.75, 3.05) is 18.0 Å². The number of carboxylic acid groups (broad SMARTS) is 1. The van der Waals surface area contributed by atoms with Crippen molar-refractivity contribution in [2.45, 2.75) is 13.3 Å². The minimum absolute atomic E-state index is 0.121. The molecule has 1 N–H and O–H groups in total. The summed E-state index contributed by atoms with van der Waals surface area (Å²) in [5.41, 5.74) is 0.818. The zero-order chi connectivity index (χ0) is 13.4. The van der Waals surface area contributed by atoms with Crippen LogP contribution in [0.5, 0.6) is 0 Å². The fourth-order valence-corrected chi connectivity index (χ4v) is 2.84. The first-order chi connectivity index (χ1) is 9.16. The number of hydrogen-bond donors (Lipinski definition) is 1. The van der Waals surface area contributed by atoms with Crippen LogP contribution in [0.4, 0.5) is 5.82 Å². The Labute approximate surface area is 110 Å². The van der Waals surface area contributed by atoms with E-state index in [2.05, 4.69) is 9.88 Å². The van der Waals surface area contributed by atoms with Gasteiger partial charge in [0.1, 0.15) is 11.4 Å². The molecule has 2 unspecified atom stereocenters. The predicted molar refractivity (Wildman–Crippen MR) is 71.1 cm³/mol. The number of carbonyl (C=O) groups is 1. The molecule has 100 valence electrons. The molecule has 2 aromatic rings. The molecule has 2 atom stereocenters. The fourth-order valence-electron chi connectivity index (χ4n) is 2.84. The Morgan fingerprint density at radius 1 is 1.53 bits per heavy atom. The Morgan fingerprint density at radius 3 is 3.11 bits per heavy atom. The van der Waals surface area contributed by atoms with Crippen LogP contribution in [0.3, 0.4) is 0 Å². The lowest BCUT2D eigenvalue weighted by Crippen LogP contribution is -2.42. The standard InChI is InChI=1S/C14H16N2O3/c1-9-8-16(6-3-10(9)14(17)18)13-11-4-7-19-12(11)2-5-15-13/h2,4-5,7,9-10H,3,6,8H2,1H3,(H,17,18). The van der Waals surface area contributed by atoms with Crippen molar-refractivity contribution in [1.82, 2.24) is 4.98 Å². The molecule has 3 rings (SSSR count). The first-order valence-electron chi connectivity index (χ1n) is 6.47. The summed E-state index contributed by atoms with van der Waals surface area (Å²) >= 11 is 0. The highest BCUT2D eigenvalue weighted by Crippen LogP contribution is 2.31. The summed E-state index contributed by atoms with van der Waals surface area (Å²) in [5, 5.41) is 10.1. The maximum atomic E-state index is 11.1. The second kappa shape index (κ2) is 4.57. The number of anilines is 1. The minimum atomic E-state index is -0.693. The molecule has 1 saturated heterocycles. The molecule has 0 aromatic carbocycles. The number of fused-ring (bicyclic) bond motifs is 1. The van der Waals surface area contributed by atoms with Gasteiger partial charge in [-0.25, -0.2) is 4.98 Å². The lowest BCUT2D eigenvalue weighted by molar-refractivity contribution is -0.144. The van der Waals surface area contributed by atoms with Gasteiger partial charge in [-0.1, -0.05) is 6.92 Å². The molecule has 0 amide bonds. The van der Waals surface area contributed by atoms with Crippen molar-refractivity contribution >= 4 is 22.8 Å². The van der Waals surface area contributed by atoms with Crippen molar-refractivity contribution < 1.29 is 14.3 Å². The number of aliphatic carboxylic acids is 1. The molecule has 0 bridgehead atoms. The van der Waals surface area contributed by atoms with Gasteiger partial charge >= 0.3 is 5.97 Å². The molecule has 19 heavy (non-hydrogen) atoms. The van der Waals surface area contributed by atoms with Crippen LogP contribution in [0, 0.1) is 11.8 Å². The second-order valence-electron chi connectivity index (χ2n) is 5.12. The van der Waals surface area contributed by atoms with Gasteiger partial charge in [0.2, 0.25) is 0 Å². The summed E-state index contributed by atoms with van der Waals surface area (Å²) in [7, 11) is 0. The van der Waals surface area contributed by atoms with Crippen molar-refractivity contribution in [3.8, 4) is 0 Å². The lowest BCUT2D eigenvalue weighted by Gasteiger charge is -2.35. The van der Waals surface area contributed by atoms with E-state index in [9.17, 15) is 4.79 Å². The Kier molecular flexibility index (Phi) is 2.89. The maximum Gasteiger partial charge on any atom is 0.306 e. The largest absolute Gasteiger partial charge is 0.481 e. The Bertz CT molecular complexity index is 608. The number of hydrogen-bond acceptors (Lipinski definition) is 4. The van der Waals surface area contributed by atoms with E-state index in [4.69, 9.17) is 9.52 Å². The van der Waals surface area contributed by atoms with Crippen LogP contribution >= 0.6 is 0 Å². The Morgan fingerprint density at radius 2 is 2.37 bits per heavy atom. The molecule has 0 radical (unpaired) electrons. The zero-order valence-corrected chi connectivity index (χ0v) is 10.7. The number of furan rings is 1. The molecule has 3 heterocycles. The van der Waals surface area contributed by atoms with E-state index in [1.807, 2.05) is 19.1 Å². The van der Waals surface area contributed by atoms with Gasteiger partial charge in [0.15, 0.2) is 0 Å². The van der Waals surface area contributed by atoms with Gasteiger partial charge in [-0.15, -0.1) is 0 Å². The first kappa shape index (κ1) is 12.0. The monoisotopic (exact) mass is 260 g/mol. The normalized spacial score (nSPS) is 23.7. The Balaban J connectivity index is 1.88. The molecule has 1 aliphatic rings. The number of pyridine rings is 1. The minimum Gasteiger partial charge on any atom is -0.481 e. The molecule has 1 fully saturated rings. The third-order valence-electron chi connectivity index (χ3n) is 3.88. The average Bonchev–Trinajstić information content (AvgIpc) is 2.86. The zero-order valence-electron chi connectivity index (χ0n) is 10.7. The van der Waals surface area contributed by atoms with E-state index in [0.717, 1.165) is 23.3 Å². The summed E-state index contributed by atoms with van der Waals surface area (Å²) in [6.45, 7) is 3.42. The van der Waals surface area contributed by atoms with Crippen LogP contribution in [0.15, 0.2) is 29.0 Å². The third-order valence-corrected chi connectivity index (χ3v) is 3.88. The quantitative estimate of drug-likeness (QED) is 0.898. The van der Waals surface area contributed by atoms with Gasteiger partial charge in [-0.05, 0) is 24.5 Å². The van der Waals surface area contributed by atoms with Crippen molar-refractivity contribution in [2.24, 2.45) is 11.8 Å². The SMILES string of the molecule is CC1CN(c2nccc3occc23)CCC1C(=O)O. The van der Waals surface area contributed by atoms with Crippen LogP contribution in [0.2, 0.25) is 0 Å². The van der Waals surface area contributed by atoms with E-state index >= 15 is 0 Å². The third kappa shape index (κ3) is 2.05. The number of carboxylic acids is 1. The average molecular weight is 260 g/mol. The van der Waals surface area contributed by atoms with Crippen LogP contribution in [0.25, 0.3) is 11.0 Å². The Hall–Kier alpha value is -2.04. The van der Waals surface area contributed by atoms with Gasteiger partial charge in [-0.3, -0.25) is 4.79 Å². The number of nitrogens with zero attached hydrogens (tertiary/aromatic N) is 2. The van der Waals surface area contributed by atoms with Gasteiger partial charge in [0, 0.05) is 19.3 Å². The van der Waals surface area contributed by atoms with E-state index < -0.39 is 5.97 Å². The van der Waals surface area contributed by atoms with E-state index in [0.29, 0.717) is 13.0 Å². The van der Waals surface area contributed by atoms with Crippen LogP contribution in [-0.4, -0.2) is 29.1 Å². The summed E-state index contributed by atoms with van der Waals surface area (Å²) < 4.78 is 5.37. The molecule has 1 aliphatic heterocycles. The highest BCUT2D eigenvalue weighted by Gasteiger charge is 2.32. The van der Waals surface area contributed by atoms with Gasteiger partial charge in [0.25, 0.3) is 0 Å². The van der Waals surface area contributed by atoms with Gasteiger partial charge in [-0.2, -0.15) is 0 Å².